The Hall–Kier alpha value is -3.25. The van der Waals surface area contributed by atoms with Crippen molar-refractivity contribution in [2.45, 2.75) is 32.2 Å². The highest BCUT2D eigenvalue weighted by Crippen LogP contribution is 2.33. The molecule has 3 heterocycles. The maximum atomic E-state index is 6.33. The molecular weight excluding hydrogens is 400 g/mol. The molecule has 2 N–H and O–H groups in total. The largest absolute Gasteiger partial charge is 0.497 e. The number of aryl methyl sites for hydroxylation is 1. The predicted molar refractivity (Wildman–Crippen MR) is 127 cm³/mol. The zero-order valence-corrected chi connectivity index (χ0v) is 18.8. The molecule has 2 aromatic heterocycles. The molecule has 0 radical (unpaired) electrons. The van der Waals surface area contributed by atoms with Crippen molar-refractivity contribution in [1.29, 1.82) is 0 Å². The maximum absolute atomic E-state index is 6.33. The van der Waals surface area contributed by atoms with Crippen LogP contribution < -0.4 is 10.5 Å². The number of likely N-dealkylation sites (tertiary alicyclic amines) is 1. The van der Waals surface area contributed by atoms with E-state index in [1.54, 1.807) is 7.11 Å². The summed E-state index contributed by atoms with van der Waals surface area (Å²) in [6.07, 6.45) is 2.19. The molecule has 0 saturated carbocycles. The highest BCUT2D eigenvalue weighted by Gasteiger charge is 2.26. The van der Waals surface area contributed by atoms with Crippen molar-refractivity contribution < 1.29 is 9.15 Å². The van der Waals surface area contributed by atoms with Crippen molar-refractivity contribution in [1.82, 2.24) is 14.5 Å². The number of nitrogens with zero attached hydrogens (tertiary/aromatic N) is 3. The Labute approximate surface area is 188 Å². The van der Waals surface area contributed by atoms with Gasteiger partial charge in [0.25, 0.3) is 0 Å². The molecule has 6 heteroatoms. The van der Waals surface area contributed by atoms with E-state index < -0.39 is 0 Å². The summed E-state index contributed by atoms with van der Waals surface area (Å²) < 4.78 is 13.1. The molecule has 6 nitrogen and oxygen atoms in total. The fourth-order valence-electron chi connectivity index (χ4n) is 4.78. The third kappa shape index (κ3) is 4.10. The molecule has 4 aromatic rings. The smallest absolute Gasteiger partial charge is 0.201 e. The first-order valence-corrected chi connectivity index (χ1v) is 11.3. The number of nitrogens with two attached hydrogens (primary N) is 1. The molecule has 0 bridgehead atoms. The summed E-state index contributed by atoms with van der Waals surface area (Å²) in [7, 11) is 1.70. The van der Waals surface area contributed by atoms with Crippen LogP contribution in [-0.2, 0) is 13.0 Å². The first kappa shape index (κ1) is 20.6. The van der Waals surface area contributed by atoms with Gasteiger partial charge in [0.05, 0.1) is 24.7 Å². The summed E-state index contributed by atoms with van der Waals surface area (Å²) in [6.45, 7) is 5.78. The van der Waals surface area contributed by atoms with Gasteiger partial charge < -0.3 is 24.4 Å². The zero-order valence-electron chi connectivity index (χ0n) is 18.8. The highest BCUT2D eigenvalue weighted by molar-refractivity contribution is 5.82. The van der Waals surface area contributed by atoms with Crippen LogP contribution in [0.5, 0.6) is 5.75 Å². The van der Waals surface area contributed by atoms with Crippen LogP contribution in [0.1, 0.15) is 35.0 Å². The number of anilines is 1. The van der Waals surface area contributed by atoms with Gasteiger partial charge in [0.1, 0.15) is 17.3 Å². The van der Waals surface area contributed by atoms with Crippen LogP contribution in [0, 0.1) is 6.92 Å². The number of ether oxygens (including phenoxy) is 1. The lowest BCUT2D eigenvalue weighted by molar-refractivity contribution is 0.339. The number of hydrogen-bond acceptors (Lipinski definition) is 5. The third-order valence-corrected chi connectivity index (χ3v) is 6.54. The lowest BCUT2D eigenvalue weighted by atomic mass is 9.97. The topological polar surface area (TPSA) is 69.4 Å². The number of benzene rings is 2. The molecule has 1 atom stereocenters. The zero-order chi connectivity index (χ0) is 22.1. The van der Waals surface area contributed by atoms with Crippen molar-refractivity contribution in [3.63, 3.8) is 0 Å². The maximum Gasteiger partial charge on any atom is 0.201 e. The van der Waals surface area contributed by atoms with Crippen LogP contribution in [-0.4, -0.2) is 41.2 Å². The van der Waals surface area contributed by atoms with Gasteiger partial charge in [-0.15, -0.1) is 0 Å². The second kappa shape index (κ2) is 8.71. The van der Waals surface area contributed by atoms with E-state index in [-0.39, 0.29) is 0 Å². The van der Waals surface area contributed by atoms with E-state index in [4.69, 9.17) is 19.9 Å². The van der Waals surface area contributed by atoms with E-state index in [9.17, 15) is 0 Å². The molecule has 2 aromatic carbocycles. The fraction of sp³-hybridized carbons (Fsp3) is 0.346. The van der Waals surface area contributed by atoms with Gasteiger partial charge in [-0.25, -0.2) is 4.98 Å². The number of nitrogen functional groups attached to an aromatic ring is 1. The standard InChI is InChI=1S/C26H30N4O2/c1-18-6-9-22(32-18)17-30-24-5-3-4-23(25(24)28-26(30)27)20-13-15-29(16-20)14-12-19-7-10-21(31-2)11-8-19/h3-11,20H,12-17H2,1-2H3,(H2,27,28). The molecule has 0 amide bonds. The Morgan fingerprint density at radius 3 is 2.72 bits per heavy atom. The predicted octanol–water partition coefficient (Wildman–Crippen LogP) is 4.61. The molecule has 1 saturated heterocycles. The molecule has 1 fully saturated rings. The van der Waals surface area contributed by atoms with Crippen LogP contribution in [0.4, 0.5) is 5.95 Å². The van der Waals surface area contributed by atoms with Crippen molar-refractivity contribution >= 4 is 17.0 Å². The lowest BCUT2D eigenvalue weighted by Crippen LogP contribution is -2.23. The third-order valence-electron chi connectivity index (χ3n) is 6.54. The van der Waals surface area contributed by atoms with Crippen molar-refractivity contribution in [3.05, 3.63) is 77.2 Å². The van der Waals surface area contributed by atoms with Gasteiger partial charge in [-0.1, -0.05) is 24.3 Å². The minimum absolute atomic E-state index is 0.475. The first-order chi connectivity index (χ1) is 15.6. The molecule has 166 valence electrons. The highest BCUT2D eigenvalue weighted by atomic mass is 16.5. The summed E-state index contributed by atoms with van der Waals surface area (Å²) in [6, 6.07) is 18.8. The lowest BCUT2D eigenvalue weighted by Gasteiger charge is -2.16. The Bertz CT molecular complexity index is 1210. The molecule has 1 unspecified atom stereocenters. The number of rotatable bonds is 7. The van der Waals surface area contributed by atoms with Gasteiger partial charge in [0.15, 0.2) is 0 Å². The Morgan fingerprint density at radius 1 is 1.12 bits per heavy atom. The first-order valence-electron chi connectivity index (χ1n) is 11.3. The van der Waals surface area contributed by atoms with Crippen molar-refractivity contribution in [2.75, 3.05) is 32.5 Å². The molecule has 1 aliphatic heterocycles. The van der Waals surface area contributed by atoms with Gasteiger partial charge in [-0.05, 0) is 67.8 Å². The SMILES string of the molecule is COc1ccc(CCN2CCC(c3cccc4c3nc(N)n4Cc3ccc(C)o3)C2)cc1. The van der Waals surface area contributed by atoms with Crippen molar-refractivity contribution in [2.24, 2.45) is 0 Å². The summed E-state index contributed by atoms with van der Waals surface area (Å²) in [5, 5.41) is 0. The average Bonchev–Trinajstić information content (AvgIpc) is 3.52. The van der Waals surface area contributed by atoms with Gasteiger partial charge in [0.2, 0.25) is 5.95 Å². The van der Waals surface area contributed by atoms with E-state index in [1.165, 1.54) is 11.1 Å². The number of hydrogen-bond donors (Lipinski definition) is 1. The number of para-hydroxylation sites is 1. The van der Waals surface area contributed by atoms with Crippen LogP contribution in [0.15, 0.2) is 59.0 Å². The van der Waals surface area contributed by atoms with E-state index >= 15 is 0 Å². The van der Waals surface area contributed by atoms with Crippen LogP contribution in [0.25, 0.3) is 11.0 Å². The molecular formula is C26H30N4O2. The molecule has 0 aliphatic carbocycles. The van der Waals surface area contributed by atoms with Crippen LogP contribution in [0.3, 0.4) is 0 Å². The number of furan rings is 1. The molecule has 5 rings (SSSR count). The molecule has 0 spiro atoms. The van der Waals surface area contributed by atoms with Crippen LogP contribution in [0.2, 0.25) is 0 Å². The van der Waals surface area contributed by atoms with Gasteiger partial charge in [0, 0.05) is 19.0 Å². The number of fused-ring (bicyclic) bond motifs is 1. The number of imidazole rings is 1. The Kier molecular flexibility index (Phi) is 5.62. The van der Waals surface area contributed by atoms with E-state index in [0.717, 1.165) is 60.8 Å². The van der Waals surface area contributed by atoms with Crippen molar-refractivity contribution in [3.8, 4) is 5.75 Å². The Morgan fingerprint density at radius 2 is 1.97 bits per heavy atom. The van der Waals surface area contributed by atoms with Gasteiger partial charge in [-0.2, -0.15) is 0 Å². The second-order valence-corrected chi connectivity index (χ2v) is 8.67. The number of aromatic nitrogens is 2. The summed E-state index contributed by atoms with van der Waals surface area (Å²) >= 11 is 0. The van der Waals surface area contributed by atoms with E-state index in [0.29, 0.717) is 18.4 Å². The molecule has 32 heavy (non-hydrogen) atoms. The average molecular weight is 431 g/mol. The monoisotopic (exact) mass is 430 g/mol. The second-order valence-electron chi connectivity index (χ2n) is 8.67. The van der Waals surface area contributed by atoms with E-state index in [2.05, 4.69) is 35.2 Å². The minimum atomic E-state index is 0.475. The summed E-state index contributed by atoms with van der Waals surface area (Å²) in [5.74, 6) is 3.72. The van der Waals surface area contributed by atoms with Gasteiger partial charge >= 0.3 is 0 Å². The molecule has 1 aliphatic rings. The van der Waals surface area contributed by atoms with E-state index in [1.807, 2.05) is 35.8 Å². The van der Waals surface area contributed by atoms with Crippen LogP contribution >= 0.6 is 0 Å². The quantitative estimate of drug-likeness (QED) is 0.464. The Balaban J connectivity index is 1.30. The summed E-state index contributed by atoms with van der Waals surface area (Å²) in [5.41, 5.74) is 11.1. The van der Waals surface area contributed by atoms with Gasteiger partial charge in [-0.3, -0.25) is 0 Å². The summed E-state index contributed by atoms with van der Waals surface area (Å²) in [4.78, 5) is 7.32. The fourth-order valence-corrected chi connectivity index (χ4v) is 4.78. The normalized spacial score (nSPS) is 16.8. The minimum Gasteiger partial charge on any atom is -0.497 e. The number of methoxy groups -OCH3 is 1.